The van der Waals surface area contributed by atoms with Gasteiger partial charge < -0.3 is 28.6 Å². The summed E-state index contributed by atoms with van der Waals surface area (Å²) in [7, 11) is -0.123. The van der Waals surface area contributed by atoms with Crippen LogP contribution in [-0.2, 0) is 71.4 Å². The van der Waals surface area contributed by atoms with Crippen molar-refractivity contribution >= 4 is 44.2 Å². The van der Waals surface area contributed by atoms with E-state index in [1.54, 1.807) is 18.2 Å². The van der Waals surface area contributed by atoms with Gasteiger partial charge in [-0.05, 0) is 41.0 Å². The molecule has 0 aliphatic carbocycles. The van der Waals surface area contributed by atoms with Crippen molar-refractivity contribution in [1.82, 2.24) is 19.7 Å². The van der Waals surface area contributed by atoms with Crippen molar-refractivity contribution in [3.05, 3.63) is 186 Å². The molecule has 1 aromatic heterocycles. The molecule has 7 aromatic rings. The van der Waals surface area contributed by atoms with E-state index in [1.807, 2.05) is 159 Å². The number of nitrogens with one attached hydrogen (secondary N) is 1. The number of aromatic nitrogens is 3. The smallest absolute Gasteiger partial charge is 0.327 e. The van der Waals surface area contributed by atoms with E-state index in [2.05, 4.69) is 15.0 Å². The Balaban J connectivity index is 0.994. The molecule has 1 N–H and O–H groups in total. The zero-order valence-corrected chi connectivity index (χ0v) is 37.7. The van der Waals surface area contributed by atoms with Crippen molar-refractivity contribution in [2.75, 3.05) is 25.6 Å². The molecule has 336 valence electrons. The first-order valence-corrected chi connectivity index (χ1v) is 23.6. The second kappa shape index (κ2) is 21.8. The summed E-state index contributed by atoms with van der Waals surface area (Å²) in [6.45, 7) is 0.242. The fraction of sp³-hybridized carbons (Fsp3) is 0.260. The second-order valence-electron chi connectivity index (χ2n) is 15.7. The normalized spacial score (nSPS) is 18.6. The highest BCUT2D eigenvalue weighted by molar-refractivity contribution is 7.99. The largest absolute Gasteiger partial charge is 0.461 e. The average Bonchev–Trinajstić information content (AvgIpc) is 3.79. The Kier molecular flexibility index (Phi) is 15.3. The minimum Gasteiger partial charge on any atom is -0.461 e. The van der Waals surface area contributed by atoms with Crippen LogP contribution in [0.25, 0.3) is 10.8 Å². The number of carbonyl (C=O) groups excluding carboxylic acids is 1. The molecule has 15 heteroatoms. The van der Waals surface area contributed by atoms with E-state index in [9.17, 15) is 13.2 Å². The Morgan fingerprint density at radius 1 is 0.692 bits per heavy atom. The van der Waals surface area contributed by atoms with Gasteiger partial charge in [0.2, 0.25) is 10.0 Å². The predicted molar refractivity (Wildman–Crippen MR) is 249 cm³/mol. The van der Waals surface area contributed by atoms with Crippen molar-refractivity contribution in [3.8, 4) is 0 Å². The minimum atomic E-state index is -3.95. The molecule has 8 rings (SSSR count). The Morgan fingerprint density at radius 3 is 1.86 bits per heavy atom. The highest BCUT2D eigenvalue weighted by Crippen LogP contribution is 2.38. The molecule has 1 aliphatic rings. The molecule has 0 saturated carbocycles. The van der Waals surface area contributed by atoms with E-state index in [0.29, 0.717) is 17.7 Å². The molecule has 0 radical (unpaired) electrons. The highest BCUT2D eigenvalue weighted by Gasteiger charge is 2.49. The van der Waals surface area contributed by atoms with Crippen LogP contribution in [0.4, 0.5) is 5.69 Å². The molecule has 0 bridgehead atoms. The quantitative estimate of drug-likeness (QED) is 0.0746. The first kappa shape index (κ1) is 45.7. The van der Waals surface area contributed by atoms with Crippen LogP contribution in [0.15, 0.2) is 174 Å². The Bertz CT molecular complexity index is 2710. The number of fused-ring (bicyclic) bond motifs is 1. The van der Waals surface area contributed by atoms with Gasteiger partial charge in [0.1, 0.15) is 43.0 Å². The lowest BCUT2D eigenvalue weighted by Crippen LogP contribution is -2.60. The number of anilines is 1. The number of sulfonamides is 1. The number of ether oxygens (including phenoxy) is 5. The molecule has 0 spiro atoms. The van der Waals surface area contributed by atoms with Crippen LogP contribution < -0.4 is 9.62 Å². The van der Waals surface area contributed by atoms with Gasteiger partial charge in [-0.25, -0.2) is 17.8 Å². The van der Waals surface area contributed by atoms with Gasteiger partial charge in [-0.15, -0.1) is 5.10 Å². The second-order valence-corrected chi connectivity index (χ2v) is 18.6. The SMILES string of the molecule is CN(C)c1cccc2c(S(=O)(=O)NCc3cn(CC(=O)OC[C@H]4O[C@@H](Sc5ccccc5)[C@H](OCc5ccccc5)[C@@H](OCc5ccccc5)[C@@H]4OCc4ccccc4)nn3)cccc12. The third-order valence-electron chi connectivity index (χ3n) is 10.8. The topological polar surface area (TPSA) is 143 Å². The summed E-state index contributed by atoms with van der Waals surface area (Å²) in [4.78, 5) is 16.6. The monoisotopic (exact) mass is 913 g/mol. The average molecular weight is 914 g/mol. The van der Waals surface area contributed by atoms with E-state index < -0.39 is 45.8 Å². The van der Waals surface area contributed by atoms with Crippen molar-refractivity contribution in [1.29, 1.82) is 0 Å². The predicted octanol–water partition coefficient (Wildman–Crippen LogP) is 7.79. The van der Waals surface area contributed by atoms with E-state index in [1.165, 1.54) is 22.6 Å². The van der Waals surface area contributed by atoms with E-state index >= 15 is 0 Å². The first-order valence-electron chi connectivity index (χ1n) is 21.3. The number of thioether (sulfide) groups is 1. The van der Waals surface area contributed by atoms with Gasteiger partial charge >= 0.3 is 5.97 Å². The molecule has 2 heterocycles. The summed E-state index contributed by atoms with van der Waals surface area (Å²) in [6, 6.07) is 50.3. The molecule has 1 saturated heterocycles. The molecular weight excluding hydrogens is 863 g/mol. The van der Waals surface area contributed by atoms with Gasteiger partial charge in [-0.1, -0.05) is 150 Å². The number of hydrogen-bond acceptors (Lipinski definition) is 12. The molecule has 1 fully saturated rings. The minimum absolute atomic E-state index is 0.143. The maximum atomic E-state index is 13.6. The number of rotatable bonds is 20. The van der Waals surface area contributed by atoms with Gasteiger partial charge in [0, 0.05) is 35.5 Å². The molecule has 1 aliphatic heterocycles. The van der Waals surface area contributed by atoms with Crippen LogP contribution in [0.3, 0.4) is 0 Å². The number of carbonyl (C=O) groups is 1. The molecule has 0 unspecified atom stereocenters. The van der Waals surface area contributed by atoms with Gasteiger partial charge in [0.05, 0.1) is 43.2 Å². The summed E-state index contributed by atoms with van der Waals surface area (Å²) >= 11 is 1.50. The lowest BCUT2D eigenvalue weighted by atomic mass is 9.99. The van der Waals surface area contributed by atoms with Crippen molar-refractivity contribution in [3.63, 3.8) is 0 Å². The van der Waals surface area contributed by atoms with Crippen LogP contribution in [-0.4, -0.2) is 79.9 Å². The van der Waals surface area contributed by atoms with E-state index in [0.717, 1.165) is 32.7 Å². The zero-order chi connectivity index (χ0) is 45.0. The maximum Gasteiger partial charge on any atom is 0.327 e. The van der Waals surface area contributed by atoms with Crippen molar-refractivity contribution in [2.45, 2.75) is 72.6 Å². The Morgan fingerprint density at radius 2 is 1.25 bits per heavy atom. The van der Waals surface area contributed by atoms with E-state index in [4.69, 9.17) is 23.7 Å². The Hall–Kier alpha value is -5.91. The number of nitrogens with zero attached hydrogens (tertiary/aromatic N) is 4. The van der Waals surface area contributed by atoms with Crippen molar-refractivity contribution in [2.24, 2.45) is 0 Å². The number of benzene rings is 6. The molecule has 6 aromatic carbocycles. The molecule has 65 heavy (non-hydrogen) atoms. The summed E-state index contributed by atoms with van der Waals surface area (Å²) in [5.74, 6) is -0.601. The van der Waals surface area contributed by atoms with Crippen LogP contribution in [0, 0.1) is 0 Å². The highest BCUT2D eigenvalue weighted by atomic mass is 32.2. The van der Waals surface area contributed by atoms with Crippen LogP contribution in [0.5, 0.6) is 0 Å². The zero-order valence-electron chi connectivity index (χ0n) is 36.1. The summed E-state index contributed by atoms with van der Waals surface area (Å²) in [5, 5.41) is 9.63. The van der Waals surface area contributed by atoms with Gasteiger partial charge in [0.25, 0.3) is 0 Å². The first-order chi connectivity index (χ1) is 31.7. The molecule has 5 atom stereocenters. The molecular formula is C50H51N5O8S2. The van der Waals surface area contributed by atoms with E-state index in [-0.39, 0.29) is 37.8 Å². The Labute approximate surface area is 383 Å². The molecule has 0 amide bonds. The van der Waals surface area contributed by atoms with Gasteiger partial charge in [-0.3, -0.25) is 4.79 Å². The fourth-order valence-electron chi connectivity index (χ4n) is 7.59. The lowest BCUT2D eigenvalue weighted by molar-refractivity contribution is -0.253. The van der Waals surface area contributed by atoms with Gasteiger partial charge in [0.15, 0.2) is 0 Å². The third kappa shape index (κ3) is 12.1. The third-order valence-corrected chi connectivity index (χ3v) is 13.4. The summed E-state index contributed by atoms with van der Waals surface area (Å²) < 4.78 is 64.2. The van der Waals surface area contributed by atoms with Crippen LogP contribution in [0.2, 0.25) is 0 Å². The van der Waals surface area contributed by atoms with Crippen LogP contribution >= 0.6 is 11.8 Å². The van der Waals surface area contributed by atoms with Gasteiger partial charge in [-0.2, -0.15) is 0 Å². The van der Waals surface area contributed by atoms with Crippen molar-refractivity contribution < 1.29 is 36.9 Å². The standard InChI is InChI=1S/C50H51N5O8S2/c1-54(2)43-27-15-26-42-41(43)25-16-28-45(42)65(57,58)51-29-39-30-55(53-52-39)31-46(56)59-35-44-47(60-32-36-17-7-3-8-18-36)48(61-33-37-19-9-4-10-20-37)49(62-34-38-21-11-5-12-22-38)50(63-44)64-40-23-13-6-14-24-40/h3-28,30,44,47-51H,29,31-35H2,1-2H3/t44-,47-,48+,49-,50+/m1/s1. The van der Waals surface area contributed by atoms with Crippen LogP contribution in [0.1, 0.15) is 22.4 Å². The lowest BCUT2D eigenvalue weighted by Gasteiger charge is -2.45. The summed E-state index contributed by atoms with van der Waals surface area (Å²) in [6.07, 6.45) is -1.27. The molecule has 13 nitrogen and oxygen atoms in total. The maximum absolute atomic E-state index is 13.6. The number of hydrogen-bond donors (Lipinski definition) is 1. The summed E-state index contributed by atoms with van der Waals surface area (Å²) in [5.41, 5.74) is 3.55. The fourth-order valence-corrected chi connectivity index (χ4v) is 9.96. The number of esters is 1.